The number of aromatic nitrogens is 1. The number of nitrogens with one attached hydrogen (secondary N) is 1. The molecule has 1 heterocycles. The van der Waals surface area contributed by atoms with Crippen molar-refractivity contribution in [3.63, 3.8) is 0 Å². The van der Waals surface area contributed by atoms with E-state index in [1.807, 2.05) is 54.6 Å². The average Bonchev–Trinajstić information content (AvgIpc) is 2.73. The molecule has 0 saturated carbocycles. The standard InChI is InChI=1S/C23H20N2O4S/c1-29-22-11-9-19(15-21(22)24-30(2,27)28)25-13-12-18-14-17(8-10-20(18)23(25)26)16-6-4-3-5-7-16/h3-15,24H,1-2H3. The maximum atomic E-state index is 13.1. The Labute approximate surface area is 174 Å². The average molecular weight is 420 g/mol. The van der Waals surface area contributed by atoms with Gasteiger partial charge in [-0.05, 0) is 52.9 Å². The smallest absolute Gasteiger partial charge is 0.262 e. The number of hydrogen-bond acceptors (Lipinski definition) is 4. The van der Waals surface area contributed by atoms with Crippen molar-refractivity contribution in [3.8, 4) is 22.6 Å². The fourth-order valence-electron chi connectivity index (χ4n) is 3.39. The molecule has 3 aromatic carbocycles. The van der Waals surface area contributed by atoms with Crippen molar-refractivity contribution in [2.45, 2.75) is 0 Å². The van der Waals surface area contributed by atoms with E-state index < -0.39 is 10.0 Å². The van der Waals surface area contributed by atoms with Gasteiger partial charge in [0.05, 0.1) is 24.7 Å². The highest BCUT2D eigenvalue weighted by atomic mass is 32.2. The van der Waals surface area contributed by atoms with Crippen molar-refractivity contribution < 1.29 is 13.2 Å². The van der Waals surface area contributed by atoms with Crippen molar-refractivity contribution in [2.75, 3.05) is 18.1 Å². The molecule has 0 unspecified atom stereocenters. The third kappa shape index (κ3) is 3.92. The van der Waals surface area contributed by atoms with Crippen molar-refractivity contribution in [1.82, 2.24) is 4.57 Å². The molecule has 0 spiro atoms. The molecule has 4 rings (SSSR count). The van der Waals surface area contributed by atoms with Crippen LogP contribution in [0.2, 0.25) is 0 Å². The van der Waals surface area contributed by atoms with E-state index in [9.17, 15) is 13.2 Å². The van der Waals surface area contributed by atoms with Crippen LogP contribution in [0.5, 0.6) is 5.75 Å². The number of benzene rings is 3. The minimum absolute atomic E-state index is 0.192. The first-order valence-corrected chi connectivity index (χ1v) is 11.1. The molecule has 1 N–H and O–H groups in total. The summed E-state index contributed by atoms with van der Waals surface area (Å²) in [7, 11) is -2.05. The second kappa shape index (κ2) is 7.68. The molecule has 7 heteroatoms. The summed E-state index contributed by atoms with van der Waals surface area (Å²) in [5.41, 5.74) is 2.71. The number of methoxy groups -OCH3 is 1. The Balaban J connectivity index is 1.81. The monoisotopic (exact) mass is 420 g/mol. The van der Waals surface area contributed by atoms with E-state index in [1.165, 1.54) is 11.7 Å². The van der Waals surface area contributed by atoms with Crippen LogP contribution in [0.15, 0.2) is 83.8 Å². The van der Waals surface area contributed by atoms with Gasteiger partial charge in [-0.25, -0.2) is 8.42 Å². The lowest BCUT2D eigenvalue weighted by atomic mass is 10.0. The minimum atomic E-state index is -3.50. The summed E-state index contributed by atoms with van der Waals surface area (Å²) < 4.78 is 32.5. The molecule has 1 aromatic heterocycles. The number of sulfonamides is 1. The Bertz CT molecular complexity index is 1390. The van der Waals surface area contributed by atoms with Gasteiger partial charge < -0.3 is 4.74 Å². The highest BCUT2D eigenvalue weighted by Crippen LogP contribution is 2.28. The molecule has 0 fully saturated rings. The second-order valence-corrected chi connectivity index (χ2v) is 8.67. The first-order valence-electron chi connectivity index (χ1n) is 9.23. The molecule has 0 aliphatic heterocycles. The number of ether oxygens (including phenoxy) is 1. The third-order valence-corrected chi connectivity index (χ3v) is 5.36. The normalized spacial score (nSPS) is 11.4. The van der Waals surface area contributed by atoms with Crippen LogP contribution in [-0.4, -0.2) is 26.4 Å². The van der Waals surface area contributed by atoms with Crippen LogP contribution in [0.25, 0.3) is 27.6 Å². The largest absolute Gasteiger partial charge is 0.495 e. The van der Waals surface area contributed by atoms with Crippen LogP contribution < -0.4 is 15.0 Å². The van der Waals surface area contributed by atoms with Crippen LogP contribution >= 0.6 is 0 Å². The highest BCUT2D eigenvalue weighted by Gasteiger charge is 2.12. The van der Waals surface area contributed by atoms with Crippen LogP contribution in [-0.2, 0) is 10.0 Å². The molecule has 0 saturated heterocycles. The number of rotatable bonds is 5. The number of anilines is 1. The van der Waals surface area contributed by atoms with Gasteiger partial charge in [-0.1, -0.05) is 36.4 Å². The van der Waals surface area contributed by atoms with E-state index in [2.05, 4.69) is 4.72 Å². The van der Waals surface area contributed by atoms with E-state index in [0.29, 0.717) is 16.8 Å². The lowest BCUT2D eigenvalue weighted by Crippen LogP contribution is -2.18. The minimum Gasteiger partial charge on any atom is -0.495 e. The first-order chi connectivity index (χ1) is 14.4. The quantitative estimate of drug-likeness (QED) is 0.529. The van der Waals surface area contributed by atoms with Crippen LogP contribution in [0, 0.1) is 0 Å². The molecule has 4 aromatic rings. The lowest BCUT2D eigenvalue weighted by Gasteiger charge is -2.13. The molecule has 0 aliphatic carbocycles. The van der Waals surface area contributed by atoms with E-state index in [-0.39, 0.29) is 11.2 Å². The second-order valence-electron chi connectivity index (χ2n) is 6.92. The Morgan fingerprint density at radius 2 is 1.67 bits per heavy atom. The number of hydrogen-bond donors (Lipinski definition) is 1. The van der Waals surface area contributed by atoms with E-state index in [0.717, 1.165) is 22.8 Å². The summed E-state index contributed by atoms with van der Waals surface area (Å²) in [5, 5.41) is 1.41. The van der Waals surface area contributed by atoms with Crippen molar-refractivity contribution in [2.24, 2.45) is 0 Å². The Kier molecular flexibility index (Phi) is 5.05. The lowest BCUT2D eigenvalue weighted by molar-refractivity contribution is 0.417. The van der Waals surface area contributed by atoms with Gasteiger partial charge in [0, 0.05) is 11.6 Å². The summed E-state index contributed by atoms with van der Waals surface area (Å²) in [4.78, 5) is 13.1. The zero-order valence-corrected chi connectivity index (χ0v) is 17.3. The van der Waals surface area contributed by atoms with E-state index in [1.54, 1.807) is 24.4 Å². The summed E-state index contributed by atoms with van der Waals surface area (Å²) >= 11 is 0. The molecular weight excluding hydrogens is 400 g/mol. The molecule has 0 aliphatic rings. The third-order valence-electron chi connectivity index (χ3n) is 4.77. The van der Waals surface area contributed by atoms with E-state index >= 15 is 0 Å². The van der Waals surface area contributed by atoms with Crippen molar-refractivity contribution in [1.29, 1.82) is 0 Å². The van der Waals surface area contributed by atoms with Gasteiger partial charge in [0.1, 0.15) is 5.75 Å². The summed E-state index contributed by atoms with van der Waals surface area (Å²) in [6.07, 6.45) is 2.75. The molecule has 0 atom stereocenters. The first kappa shape index (κ1) is 19.7. The highest BCUT2D eigenvalue weighted by molar-refractivity contribution is 7.92. The fraction of sp³-hybridized carbons (Fsp3) is 0.0870. The predicted molar refractivity (Wildman–Crippen MR) is 120 cm³/mol. The summed E-state index contributed by atoms with van der Waals surface area (Å²) in [6, 6.07) is 22.5. The van der Waals surface area contributed by atoms with Gasteiger partial charge in [-0.2, -0.15) is 0 Å². The Morgan fingerprint density at radius 3 is 2.37 bits per heavy atom. The molecule has 6 nitrogen and oxygen atoms in total. The van der Waals surface area contributed by atoms with Crippen LogP contribution in [0.3, 0.4) is 0 Å². The topological polar surface area (TPSA) is 77.4 Å². The maximum absolute atomic E-state index is 13.1. The van der Waals surface area contributed by atoms with Crippen molar-refractivity contribution in [3.05, 3.63) is 89.3 Å². The van der Waals surface area contributed by atoms with Gasteiger partial charge in [-0.15, -0.1) is 0 Å². The molecule has 0 amide bonds. The van der Waals surface area contributed by atoms with Crippen molar-refractivity contribution >= 4 is 26.5 Å². The molecule has 0 radical (unpaired) electrons. The Morgan fingerprint density at radius 1 is 0.900 bits per heavy atom. The van der Waals surface area contributed by atoms with Gasteiger partial charge in [-0.3, -0.25) is 14.1 Å². The van der Waals surface area contributed by atoms with Gasteiger partial charge >= 0.3 is 0 Å². The van der Waals surface area contributed by atoms with Crippen LogP contribution in [0.4, 0.5) is 5.69 Å². The van der Waals surface area contributed by atoms with Crippen LogP contribution in [0.1, 0.15) is 0 Å². The molecule has 0 bridgehead atoms. The summed E-state index contributed by atoms with van der Waals surface area (Å²) in [6.45, 7) is 0. The fourth-order valence-corrected chi connectivity index (χ4v) is 3.95. The SMILES string of the molecule is COc1ccc(-n2ccc3cc(-c4ccccc4)ccc3c2=O)cc1NS(C)(=O)=O. The number of pyridine rings is 1. The zero-order valence-electron chi connectivity index (χ0n) is 16.5. The number of fused-ring (bicyclic) bond motifs is 1. The summed E-state index contributed by atoms with van der Waals surface area (Å²) in [5.74, 6) is 0.366. The maximum Gasteiger partial charge on any atom is 0.262 e. The van der Waals surface area contributed by atoms with Gasteiger partial charge in [0.25, 0.3) is 5.56 Å². The zero-order chi connectivity index (χ0) is 21.3. The Hall–Kier alpha value is -3.58. The predicted octanol–water partition coefficient (Wildman–Crippen LogP) is 4.04. The van der Waals surface area contributed by atoms with Gasteiger partial charge in [0.15, 0.2) is 0 Å². The molecule has 30 heavy (non-hydrogen) atoms. The van der Waals surface area contributed by atoms with Gasteiger partial charge in [0.2, 0.25) is 10.0 Å². The number of nitrogens with zero attached hydrogens (tertiary/aromatic N) is 1. The van der Waals surface area contributed by atoms with E-state index in [4.69, 9.17) is 4.74 Å². The molecule has 152 valence electrons. The molecular formula is C23H20N2O4S.